The predicted molar refractivity (Wildman–Crippen MR) is 288 cm³/mol. The predicted octanol–water partition coefficient (Wildman–Crippen LogP) is 16.3. The van der Waals surface area contributed by atoms with Gasteiger partial charge >= 0.3 is 0 Å². The van der Waals surface area contributed by atoms with Crippen LogP contribution < -0.4 is 10.2 Å². The zero-order valence-corrected chi connectivity index (χ0v) is 45.5. The molecule has 1 amide bonds. The van der Waals surface area contributed by atoms with Gasteiger partial charge in [0.1, 0.15) is 13.2 Å². The number of aliphatic hydroxyl groups excluding tert-OH is 1. The van der Waals surface area contributed by atoms with Gasteiger partial charge in [-0.15, -0.1) is 0 Å². The molecule has 3 unspecified atom stereocenters. The van der Waals surface area contributed by atoms with Gasteiger partial charge in [-0.3, -0.25) is 9.36 Å². The highest BCUT2D eigenvalue weighted by Crippen LogP contribution is 2.38. The molecule has 0 fully saturated rings. The van der Waals surface area contributed by atoms with Crippen LogP contribution in [-0.4, -0.2) is 68.5 Å². The van der Waals surface area contributed by atoms with E-state index in [4.69, 9.17) is 9.05 Å². The smallest absolute Gasteiger partial charge is 0.268 e. The average molecular weight is 961 g/mol. The maximum atomic E-state index is 12.9. The first-order chi connectivity index (χ1) is 32.5. The van der Waals surface area contributed by atoms with Gasteiger partial charge in [0.2, 0.25) is 5.91 Å². The molecule has 8 nitrogen and oxygen atoms in total. The molecule has 0 aliphatic heterocycles. The highest BCUT2D eigenvalue weighted by atomic mass is 31.2. The normalized spacial score (nSPS) is 14.4. The van der Waals surface area contributed by atoms with Crippen molar-refractivity contribution in [1.82, 2.24) is 5.32 Å². The molecular formula is C58H109N2O6P. The molecule has 0 saturated heterocycles. The van der Waals surface area contributed by atoms with E-state index in [1.54, 1.807) is 6.08 Å². The summed E-state index contributed by atoms with van der Waals surface area (Å²) in [5.41, 5.74) is 0. The van der Waals surface area contributed by atoms with Gasteiger partial charge in [-0.05, 0) is 64.2 Å². The summed E-state index contributed by atoms with van der Waals surface area (Å²) >= 11 is 0. The van der Waals surface area contributed by atoms with Crippen LogP contribution in [0, 0.1) is 0 Å². The molecule has 67 heavy (non-hydrogen) atoms. The van der Waals surface area contributed by atoms with E-state index in [1.807, 2.05) is 27.2 Å². The summed E-state index contributed by atoms with van der Waals surface area (Å²) in [5, 5.41) is 13.8. The first-order valence-electron chi connectivity index (χ1n) is 28.2. The Morgan fingerprint density at radius 1 is 0.537 bits per heavy atom. The quantitative estimate of drug-likeness (QED) is 0.0272. The molecule has 3 atom stereocenters. The monoisotopic (exact) mass is 961 g/mol. The zero-order chi connectivity index (χ0) is 49.2. The fourth-order valence-electron chi connectivity index (χ4n) is 8.07. The number of hydrogen-bond donors (Lipinski definition) is 2. The van der Waals surface area contributed by atoms with Crippen LogP contribution in [0.15, 0.2) is 60.8 Å². The minimum Gasteiger partial charge on any atom is -0.756 e. The number of carbonyl (C=O) groups is 1. The largest absolute Gasteiger partial charge is 0.756 e. The van der Waals surface area contributed by atoms with Gasteiger partial charge < -0.3 is 28.8 Å². The van der Waals surface area contributed by atoms with Crippen LogP contribution in [0.1, 0.15) is 251 Å². The zero-order valence-electron chi connectivity index (χ0n) is 44.6. The van der Waals surface area contributed by atoms with Crippen LogP contribution >= 0.6 is 7.82 Å². The van der Waals surface area contributed by atoms with E-state index in [-0.39, 0.29) is 12.5 Å². The molecule has 0 aromatic rings. The number of nitrogens with zero attached hydrogens (tertiary/aromatic N) is 1. The van der Waals surface area contributed by atoms with Gasteiger partial charge in [0.05, 0.1) is 39.9 Å². The van der Waals surface area contributed by atoms with Crippen molar-refractivity contribution in [3.8, 4) is 0 Å². The number of carbonyl (C=O) groups excluding carboxylic acids is 1. The SMILES string of the molecule is CC/C=C\C/C=C\C/C=C\CCCCCCCC(=O)NC(COP(=O)([O-])OCC[N+](C)(C)C)C(O)/C=C/CC/C=C/CCCCCCCCCCCCCCCCCCCCCCCCCC. The number of aliphatic hydroxyl groups is 1. The summed E-state index contributed by atoms with van der Waals surface area (Å²) in [7, 11) is 1.23. The van der Waals surface area contributed by atoms with Crippen LogP contribution in [0.5, 0.6) is 0 Å². The molecular weight excluding hydrogens is 852 g/mol. The third kappa shape index (κ3) is 51.9. The van der Waals surface area contributed by atoms with Gasteiger partial charge in [-0.1, -0.05) is 242 Å². The lowest BCUT2D eigenvalue weighted by Gasteiger charge is -2.29. The summed E-state index contributed by atoms with van der Waals surface area (Å²) in [6.07, 6.45) is 66.0. The third-order valence-corrected chi connectivity index (χ3v) is 13.4. The Balaban J connectivity index is 4.19. The molecule has 392 valence electrons. The number of unbranched alkanes of at least 4 members (excludes halogenated alkanes) is 30. The first kappa shape index (κ1) is 65.2. The van der Waals surface area contributed by atoms with Crippen molar-refractivity contribution in [2.45, 2.75) is 264 Å². The number of rotatable bonds is 51. The molecule has 0 aliphatic rings. The lowest BCUT2D eigenvalue weighted by molar-refractivity contribution is -0.870. The van der Waals surface area contributed by atoms with Crippen molar-refractivity contribution in [3.05, 3.63) is 60.8 Å². The summed E-state index contributed by atoms with van der Waals surface area (Å²) in [6, 6.07) is -0.915. The van der Waals surface area contributed by atoms with Crippen LogP contribution in [0.25, 0.3) is 0 Å². The van der Waals surface area contributed by atoms with Crippen molar-refractivity contribution in [1.29, 1.82) is 0 Å². The molecule has 0 heterocycles. The minimum absolute atomic E-state index is 0.0121. The molecule has 9 heteroatoms. The maximum absolute atomic E-state index is 12.9. The Bertz CT molecular complexity index is 1270. The second-order valence-electron chi connectivity index (χ2n) is 20.3. The topological polar surface area (TPSA) is 108 Å². The van der Waals surface area contributed by atoms with Gasteiger partial charge in [0.15, 0.2) is 0 Å². The number of hydrogen-bond acceptors (Lipinski definition) is 6. The standard InChI is InChI=1S/C58H109N2O6P/c1-6-8-10-12-14-16-18-20-22-23-24-25-26-27-28-29-30-31-32-33-34-35-36-38-39-41-43-45-47-49-51-57(61)56(55-66-67(63,64)65-54-53-60(3,4)5)59-58(62)52-50-48-46-44-42-40-37-21-19-17-15-13-11-9-7-2/h9,11,15,17,21,37,41,43,49,51,56-57,61H,6-8,10,12-14,16,18-20,22-36,38-40,42,44-48,50,52-55H2,1-5H3,(H-,59,62,63,64)/b11-9-,17-15-,37-21-,43-41+,51-49+. The van der Waals surface area contributed by atoms with E-state index in [0.717, 1.165) is 77.0 Å². The van der Waals surface area contributed by atoms with Crippen molar-refractivity contribution >= 4 is 13.7 Å². The fraction of sp³-hybridized carbons (Fsp3) is 0.810. The van der Waals surface area contributed by atoms with Crippen molar-refractivity contribution in [2.24, 2.45) is 0 Å². The molecule has 0 bridgehead atoms. The van der Waals surface area contributed by atoms with Crippen LogP contribution in [0.3, 0.4) is 0 Å². The average Bonchev–Trinajstić information content (AvgIpc) is 3.29. The summed E-state index contributed by atoms with van der Waals surface area (Å²) < 4.78 is 23.3. The van der Waals surface area contributed by atoms with Crippen LogP contribution in [0.2, 0.25) is 0 Å². The lowest BCUT2D eigenvalue weighted by Crippen LogP contribution is -2.45. The van der Waals surface area contributed by atoms with Crippen molar-refractivity contribution in [2.75, 3.05) is 40.9 Å². The summed E-state index contributed by atoms with van der Waals surface area (Å²) in [4.78, 5) is 25.4. The second kappa shape index (κ2) is 49.2. The van der Waals surface area contributed by atoms with E-state index < -0.39 is 26.6 Å². The van der Waals surface area contributed by atoms with E-state index in [9.17, 15) is 19.4 Å². The van der Waals surface area contributed by atoms with Gasteiger partial charge in [0, 0.05) is 6.42 Å². The highest BCUT2D eigenvalue weighted by molar-refractivity contribution is 7.45. The van der Waals surface area contributed by atoms with Gasteiger partial charge in [-0.25, -0.2) is 0 Å². The molecule has 0 radical (unpaired) electrons. The van der Waals surface area contributed by atoms with E-state index >= 15 is 0 Å². The molecule has 0 rings (SSSR count). The molecule has 0 aliphatic carbocycles. The third-order valence-electron chi connectivity index (χ3n) is 12.5. The number of phosphoric ester groups is 1. The van der Waals surface area contributed by atoms with E-state index in [2.05, 4.69) is 67.8 Å². The lowest BCUT2D eigenvalue weighted by atomic mass is 10.0. The van der Waals surface area contributed by atoms with Gasteiger partial charge in [0.25, 0.3) is 7.82 Å². The Labute approximate surface area is 415 Å². The summed E-state index contributed by atoms with van der Waals surface area (Å²) in [5.74, 6) is -0.224. The molecule has 0 aromatic heterocycles. The number of nitrogens with one attached hydrogen (secondary N) is 1. The van der Waals surface area contributed by atoms with Crippen LogP contribution in [-0.2, 0) is 18.4 Å². The Morgan fingerprint density at radius 2 is 0.925 bits per heavy atom. The molecule has 0 saturated carbocycles. The molecule has 0 spiro atoms. The Morgan fingerprint density at radius 3 is 1.39 bits per heavy atom. The summed E-state index contributed by atoms with van der Waals surface area (Å²) in [6.45, 7) is 4.51. The molecule has 2 N–H and O–H groups in total. The Kier molecular flexibility index (Phi) is 47.9. The number of quaternary nitrogens is 1. The number of allylic oxidation sites excluding steroid dienone is 9. The number of phosphoric acid groups is 1. The minimum atomic E-state index is -4.61. The fourth-order valence-corrected chi connectivity index (χ4v) is 8.79. The van der Waals surface area contributed by atoms with Crippen molar-refractivity contribution in [3.63, 3.8) is 0 Å². The van der Waals surface area contributed by atoms with Crippen LogP contribution in [0.4, 0.5) is 0 Å². The maximum Gasteiger partial charge on any atom is 0.268 e. The first-order valence-corrected chi connectivity index (χ1v) is 29.6. The molecule has 0 aromatic carbocycles. The van der Waals surface area contributed by atoms with Crippen molar-refractivity contribution < 1.29 is 32.9 Å². The van der Waals surface area contributed by atoms with E-state index in [0.29, 0.717) is 17.4 Å². The van der Waals surface area contributed by atoms with Gasteiger partial charge in [-0.2, -0.15) is 0 Å². The highest BCUT2D eigenvalue weighted by Gasteiger charge is 2.23. The van der Waals surface area contributed by atoms with E-state index in [1.165, 1.54) is 154 Å². The number of amides is 1. The second-order valence-corrected chi connectivity index (χ2v) is 21.7. The Hall–Kier alpha value is -1.80. The number of likely N-dealkylation sites (N-methyl/N-ethyl adjacent to an activating group) is 1.